The molecule has 2 fully saturated rings. The first kappa shape index (κ1) is 17.5. The van der Waals surface area contributed by atoms with Gasteiger partial charge in [0.05, 0.1) is 12.4 Å². The number of piperidine rings is 2. The van der Waals surface area contributed by atoms with Gasteiger partial charge in [0.25, 0.3) is 11.8 Å². The number of rotatable bonds is 2. The molecular weight excluding hydrogens is 344 g/mol. The number of hydrogen-bond acceptors (Lipinski definition) is 6. The largest absolute Gasteiger partial charge is 0.337 e. The summed E-state index contributed by atoms with van der Waals surface area (Å²) in [5.74, 6) is -0.0959. The van der Waals surface area contributed by atoms with E-state index in [0.29, 0.717) is 11.4 Å². The van der Waals surface area contributed by atoms with Gasteiger partial charge >= 0.3 is 0 Å². The minimum absolute atomic E-state index is 0.0479. The van der Waals surface area contributed by atoms with Crippen LogP contribution in [0.3, 0.4) is 0 Å². The Kier molecular flexibility index (Phi) is 4.79. The van der Waals surface area contributed by atoms with Crippen LogP contribution in [0.15, 0.2) is 37.2 Å². The lowest BCUT2D eigenvalue weighted by Crippen LogP contribution is -2.49. The number of amides is 2. The van der Waals surface area contributed by atoms with Crippen LogP contribution in [0.5, 0.6) is 0 Å². The summed E-state index contributed by atoms with van der Waals surface area (Å²) in [7, 11) is 0. The molecule has 0 saturated carbocycles. The lowest BCUT2D eigenvalue weighted by Gasteiger charge is -2.46. The van der Waals surface area contributed by atoms with Crippen molar-refractivity contribution < 1.29 is 9.59 Å². The summed E-state index contributed by atoms with van der Waals surface area (Å²) in [6.45, 7) is 2.92. The Balaban J connectivity index is 1.32. The van der Waals surface area contributed by atoms with Crippen LogP contribution in [-0.2, 0) is 0 Å². The molecule has 0 radical (unpaired) electrons. The predicted molar refractivity (Wildman–Crippen MR) is 96.8 cm³/mol. The maximum Gasteiger partial charge on any atom is 0.274 e. The molecule has 8 nitrogen and oxygen atoms in total. The Morgan fingerprint density at radius 2 is 1.11 bits per heavy atom. The van der Waals surface area contributed by atoms with E-state index in [1.54, 1.807) is 24.8 Å². The van der Waals surface area contributed by atoms with Crippen molar-refractivity contribution in [2.75, 3.05) is 26.2 Å². The van der Waals surface area contributed by atoms with Gasteiger partial charge in [-0.1, -0.05) is 0 Å². The van der Waals surface area contributed by atoms with E-state index in [9.17, 15) is 9.59 Å². The molecule has 4 rings (SSSR count). The van der Waals surface area contributed by atoms with Crippen molar-refractivity contribution >= 4 is 11.8 Å². The molecule has 0 atom stereocenters. The van der Waals surface area contributed by atoms with Gasteiger partial charge in [-0.25, -0.2) is 9.97 Å². The fourth-order valence-electron chi connectivity index (χ4n) is 4.01. The fraction of sp³-hybridized carbons (Fsp3) is 0.474. The molecule has 0 aliphatic carbocycles. The molecule has 2 amide bonds. The summed E-state index contributed by atoms with van der Waals surface area (Å²) in [5.41, 5.74) is 1.02. The van der Waals surface area contributed by atoms with Gasteiger partial charge in [0.15, 0.2) is 0 Å². The smallest absolute Gasteiger partial charge is 0.274 e. The van der Waals surface area contributed by atoms with Crippen molar-refractivity contribution in [2.24, 2.45) is 5.41 Å². The van der Waals surface area contributed by atoms with Crippen molar-refractivity contribution in [3.05, 3.63) is 48.6 Å². The van der Waals surface area contributed by atoms with Crippen LogP contribution in [0.25, 0.3) is 0 Å². The van der Waals surface area contributed by atoms with Crippen LogP contribution in [0.2, 0.25) is 0 Å². The SMILES string of the molecule is O=C(c1cnccn1)N1CCC2(CC1)CCN(C(=O)c1cnccn1)CC2. The maximum atomic E-state index is 12.5. The molecule has 2 aliphatic heterocycles. The third-order valence-electron chi connectivity index (χ3n) is 5.79. The lowest BCUT2D eigenvalue weighted by atomic mass is 9.71. The quantitative estimate of drug-likeness (QED) is 0.798. The molecule has 0 aromatic carbocycles. The van der Waals surface area contributed by atoms with E-state index in [0.717, 1.165) is 51.9 Å². The monoisotopic (exact) mass is 366 g/mol. The van der Waals surface area contributed by atoms with Gasteiger partial charge in [0.2, 0.25) is 0 Å². The second-order valence-electron chi connectivity index (χ2n) is 7.27. The van der Waals surface area contributed by atoms with Crippen molar-refractivity contribution in [3.8, 4) is 0 Å². The molecule has 4 heterocycles. The van der Waals surface area contributed by atoms with Crippen molar-refractivity contribution in [2.45, 2.75) is 25.7 Å². The van der Waals surface area contributed by atoms with E-state index in [2.05, 4.69) is 19.9 Å². The van der Waals surface area contributed by atoms with Gasteiger partial charge in [-0.15, -0.1) is 0 Å². The molecule has 8 heteroatoms. The molecule has 2 saturated heterocycles. The first-order chi connectivity index (χ1) is 13.2. The number of nitrogens with zero attached hydrogens (tertiary/aromatic N) is 6. The van der Waals surface area contributed by atoms with Crippen LogP contribution >= 0.6 is 0 Å². The maximum absolute atomic E-state index is 12.5. The van der Waals surface area contributed by atoms with Crippen molar-refractivity contribution in [1.82, 2.24) is 29.7 Å². The standard InChI is InChI=1S/C19H22N6O2/c26-17(15-13-20-5-7-22-15)24-9-1-19(2-10-24)3-11-25(12-4-19)18(27)16-14-21-6-8-23-16/h5-8,13-14H,1-4,9-12H2. The number of hydrogen-bond donors (Lipinski definition) is 0. The second kappa shape index (κ2) is 7.38. The second-order valence-corrected chi connectivity index (χ2v) is 7.27. The van der Waals surface area contributed by atoms with Gasteiger partial charge in [-0.3, -0.25) is 19.6 Å². The molecule has 0 bridgehead atoms. The number of likely N-dealkylation sites (tertiary alicyclic amines) is 2. The predicted octanol–water partition coefficient (Wildman–Crippen LogP) is 1.43. The Bertz CT molecular complexity index is 724. The minimum Gasteiger partial charge on any atom is -0.337 e. The summed E-state index contributed by atoms with van der Waals surface area (Å²) in [5, 5.41) is 0. The number of aromatic nitrogens is 4. The zero-order chi connectivity index (χ0) is 18.7. The molecular formula is C19H22N6O2. The molecule has 2 aromatic heterocycles. The highest BCUT2D eigenvalue weighted by Gasteiger charge is 2.39. The van der Waals surface area contributed by atoms with Crippen LogP contribution in [-0.4, -0.2) is 67.7 Å². The van der Waals surface area contributed by atoms with E-state index < -0.39 is 0 Å². The highest BCUT2D eigenvalue weighted by Crippen LogP contribution is 2.41. The normalized spacial score (nSPS) is 19.1. The molecule has 0 N–H and O–H groups in total. The minimum atomic E-state index is -0.0479. The molecule has 1 spiro atoms. The summed E-state index contributed by atoms with van der Waals surface area (Å²) in [6, 6.07) is 0. The Morgan fingerprint density at radius 3 is 1.44 bits per heavy atom. The van der Waals surface area contributed by atoms with E-state index in [4.69, 9.17) is 0 Å². The van der Waals surface area contributed by atoms with Gasteiger partial charge in [-0.05, 0) is 31.1 Å². The number of carbonyl (C=O) groups is 2. The first-order valence-electron chi connectivity index (χ1n) is 9.28. The van der Waals surface area contributed by atoms with E-state index in [-0.39, 0.29) is 17.2 Å². The lowest BCUT2D eigenvalue weighted by molar-refractivity contribution is 0.0276. The average molecular weight is 366 g/mol. The van der Waals surface area contributed by atoms with Gasteiger partial charge < -0.3 is 9.80 Å². The third-order valence-corrected chi connectivity index (χ3v) is 5.79. The van der Waals surface area contributed by atoms with Crippen LogP contribution in [0.1, 0.15) is 46.7 Å². The Morgan fingerprint density at radius 1 is 0.704 bits per heavy atom. The zero-order valence-corrected chi connectivity index (χ0v) is 15.1. The van der Waals surface area contributed by atoms with Crippen molar-refractivity contribution in [3.63, 3.8) is 0 Å². The summed E-state index contributed by atoms with van der Waals surface area (Å²) in [4.78, 5) is 45.0. The summed E-state index contributed by atoms with van der Waals surface area (Å²) in [6.07, 6.45) is 13.1. The fourth-order valence-corrected chi connectivity index (χ4v) is 4.01. The molecule has 140 valence electrons. The molecule has 27 heavy (non-hydrogen) atoms. The van der Waals surface area contributed by atoms with Gasteiger partial charge in [0, 0.05) is 51.0 Å². The zero-order valence-electron chi connectivity index (χ0n) is 15.1. The average Bonchev–Trinajstić information content (AvgIpc) is 2.75. The highest BCUT2D eigenvalue weighted by atomic mass is 16.2. The van der Waals surface area contributed by atoms with E-state index in [1.165, 1.54) is 12.4 Å². The van der Waals surface area contributed by atoms with Crippen molar-refractivity contribution in [1.29, 1.82) is 0 Å². The van der Waals surface area contributed by atoms with E-state index in [1.807, 2.05) is 9.80 Å². The van der Waals surface area contributed by atoms with Gasteiger partial charge in [-0.2, -0.15) is 0 Å². The molecule has 2 aromatic rings. The number of carbonyl (C=O) groups excluding carboxylic acids is 2. The third kappa shape index (κ3) is 3.65. The van der Waals surface area contributed by atoms with Crippen LogP contribution in [0, 0.1) is 5.41 Å². The Labute approximate surface area is 157 Å². The highest BCUT2D eigenvalue weighted by molar-refractivity contribution is 5.92. The van der Waals surface area contributed by atoms with Crippen LogP contribution in [0.4, 0.5) is 0 Å². The molecule has 2 aliphatic rings. The summed E-state index contributed by atoms with van der Waals surface area (Å²) >= 11 is 0. The van der Waals surface area contributed by atoms with E-state index >= 15 is 0 Å². The first-order valence-corrected chi connectivity index (χ1v) is 9.28. The van der Waals surface area contributed by atoms with Crippen LogP contribution < -0.4 is 0 Å². The Hall–Kier alpha value is -2.90. The topological polar surface area (TPSA) is 92.2 Å². The summed E-state index contributed by atoms with van der Waals surface area (Å²) < 4.78 is 0. The van der Waals surface area contributed by atoms with Gasteiger partial charge in [0.1, 0.15) is 11.4 Å². The molecule has 0 unspecified atom stereocenters.